The number of hydrogen-bond acceptors (Lipinski definition) is 4. The molecular formula is C16H23NO3. The van der Waals surface area contributed by atoms with Gasteiger partial charge in [-0.1, -0.05) is 50.5 Å². The van der Waals surface area contributed by atoms with Crippen molar-refractivity contribution in [2.75, 3.05) is 7.11 Å². The lowest BCUT2D eigenvalue weighted by Gasteiger charge is -2.25. The molecule has 0 amide bonds. The Kier molecular flexibility index (Phi) is 6.77. The molecule has 0 spiro atoms. The van der Waals surface area contributed by atoms with Crippen LogP contribution in [0, 0.1) is 11.8 Å². The first kappa shape index (κ1) is 16.2. The van der Waals surface area contributed by atoms with Gasteiger partial charge in [0, 0.05) is 5.92 Å². The summed E-state index contributed by atoms with van der Waals surface area (Å²) in [6.45, 7) is 6.30. The molecule has 0 heterocycles. The van der Waals surface area contributed by atoms with E-state index in [9.17, 15) is 4.79 Å². The average molecular weight is 277 g/mol. The molecule has 0 aliphatic carbocycles. The smallest absolute Gasteiger partial charge is 0.338 e. The minimum atomic E-state index is -0.391. The number of oxime groups is 1. The van der Waals surface area contributed by atoms with Crippen LogP contribution in [0.4, 0.5) is 0 Å². The highest BCUT2D eigenvalue weighted by Crippen LogP contribution is 2.21. The van der Waals surface area contributed by atoms with Crippen molar-refractivity contribution in [3.05, 3.63) is 35.9 Å². The second-order valence-corrected chi connectivity index (χ2v) is 4.92. The maximum atomic E-state index is 12.1. The largest absolute Gasteiger partial charge is 0.452 e. The van der Waals surface area contributed by atoms with Crippen LogP contribution in [0.1, 0.15) is 37.6 Å². The van der Waals surface area contributed by atoms with E-state index in [0.717, 1.165) is 6.42 Å². The Bertz CT molecular complexity index is 431. The van der Waals surface area contributed by atoms with E-state index in [-0.39, 0.29) is 11.9 Å². The van der Waals surface area contributed by atoms with Gasteiger partial charge in [-0.3, -0.25) is 0 Å². The molecule has 1 rings (SSSR count). The summed E-state index contributed by atoms with van der Waals surface area (Å²) in [4.78, 5) is 16.8. The summed E-state index contributed by atoms with van der Waals surface area (Å²) in [6.07, 6.45) is 2.18. The van der Waals surface area contributed by atoms with E-state index in [4.69, 9.17) is 9.57 Å². The van der Waals surface area contributed by atoms with Gasteiger partial charge in [0.15, 0.2) is 0 Å². The van der Waals surface area contributed by atoms with Gasteiger partial charge in [0.1, 0.15) is 13.2 Å². The zero-order valence-electron chi connectivity index (χ0n) is 12.6. The number of esters is 1. The van der Waals surface area contributed by atoms with E-state index >= 15 is 0 Å². The van der Waals surface area contributed by atoms with Gasteiger partial charge in [-0.05, 0) is 18.1 Å². The van der Waals surface area contributed by atoms with Crippen molar-refractivity contribution >= 4 is 12.2 Å². The Balaban J connectivity index is 2.79. The standard InChI is InChI=1S/C16H23NO3/c1-5-12(2)13(3)15(11-17-19-4)20-16(18)14-9-7-6-8-10-14/h6-13,15H,5H2,1-4H3/t12-,13-,15+/m1/s1. The van der Waals surface area contributed by atoms with Gasteiger partial charge in [0.2, 0.25) is 0 Å². The lowest BCUT2D eigenvalue weighted by atomic mass is 9.89. The molecule has 1 aromatic carbocycles. The van der Waals surface area contributed by atoms with Crippen LogP contribution in [0.2, 0.25) is 0 Å². The van der Waals surface area contributed by atoms with Crippen molar-refractivity contribution in [1.29, 1.82) is 0 Å². The molecule has 0 aromatic heterocycles. The number of carbonyl (C=O) groups excluding carboxylic acids is 1. The number of nitrogens with zero attached hydrogens (tertiary/aromatic N) is 1. The van der Waals surface area contributed by atoms with Crippen LogP contribution < -0.4 is 0 Å². The van der Waals surface area contributed by atoms with Crippen molar-refractivity contribution in [3.63, 3.8) is 0 Å². The predicted octanol–water partition coefficient (Wildman–Crippen LogP) is 3.53. The van der Waals surface area contributed by atoms with Crippen molar-refractivity contribution in [2.24, 2.45) is 17.0 Å². The molecule has 20 heavy (non-hydrogen) atoms. The monoisotopic (exact) mass is 277 g/mol. The molecular weight excluding hydrogens is 254 g/mol. The highest BCUT2D eigenvalue weighted by molar-refractivity contribution is 5.90. The van der Waals surface area contributed by atoms with Crippen LogP contribution in [0.25, 0.3) is 0 Å². The van der Waals surface area contributed by atoms with Crippen LogP contribution in [-0.4, -0.2) is 25.4 Å². The van der Waals surface area contributed by atoms with Gasteiger partial charge >= 0.3 is 5.97 Å². The number of ether oxygens (including phenoxy) is 1. The molecule has 0 saturated heterocycles. The van der Waals surface area contributed by atoms with Crippen LogP contribution in [0.3, 0.4) is 0 Å². The Hall–Kier alpha value is -1.84. The van der Waals surface area contributed by atoms with Gasteiger partial charge in [-0.2, -0.15) is 0 Å². The molecule has 0 radical (unpaired) electrons. The Morgan fingerprint density at radius 1 is 1.30 bits per heavy atom. The molecule has 0 bridgehead atoms. The first-order valence-electron chi connectivity index (χ1n) is 6.92. The van der Waals surface area contributed by atoms with Gasteiger partial charge < -0.3 is 9.57 Å². The highest BCUT2D eigenvalue weighted by atomic mass is 16.6. The molecule has 110 valence electrons. The zero-order valence-corrected chi connectivity index (χ0v) is 12.6. The number of carbonyl (C=O) groups is 1. The molecule has 0 aliphatic heterocycles. The normalized spacial score (nSPS) is 15.6. The van der Waals surface area contributed by atoms with E-state index < -0.39 is 6.10 Å². The van der Waals surface area contributed by atoms with Crippen molar-refractivity contribution in [1.82, 2.24) is 0 Å². The van der Waals surface area contributed by atoms with Gasteiger partial charge in [-0.25, -0.2) is 4.79 Å². The molecule has 0 aliphatic rings. The van der Waals surface area contributed by atoms with Crippen LogP contribution in [0.5, 0.6) is 0 Å². The second-order valence-electron chi connectivity index (χ2n) is 4.92. The summed E-state index contributed by atoms with van der Waals surface area (Å²) < 4.78 is 5.56. The third-order valence-electron chi connectivity index (χ3n) is 3.63. The SMILES string of the molecule is CC[C@@H](C)[C@@H](C)[C@H](C=NOC)OC(=O)c1ccccc1. The molecule has 4 nitrogen and oxygen atoms in total. The fourth-order valence-electron chi connectivity index (χ4n) is 1.86. The Morgan fingerprint density at radius 2 is 1.95 bits per heavy atom. The van der Waals surface area contributed by atoms with Crippen LogP contribution in [0.15, 0.2) is 35.5 Å². The summed E-state index contributed by atoms with van der Waals surface area (Å²) in [5.74, 6) is 0.256. The third-order valence-corrected chi connectivity index (χ3v) is 3.63. The summed E-state index contributed by atoms with van der Waals surface area (Å²) >= 11 is 0. The van der Waals surface area contributed by atoms with Crippen molar-refractivity contribution in [2.45, 2.75) is 33.3 Å². The van der Waals surface area contributed by atoms with Crippen molar-refractivity contribution in [3.8, 4) is 0 Å². The van der Waals surface area contributed by atoms with Gasteiger partial charge in [0.05, 0.1) is 11.8 Å². The minimum absolute atomic E-state index is 0.173. The molecule has 0 N–H and O–H groups in total. The van der Waals surface area contributed by atoms with E-state index in [1.807, 2.05) is 18.2 Å². The van der Waals surface area contributed by atoms with E-state index in [1.54, 1.807) is 18.3 Å². The first-order chi connectivity index (χ1) is 9.60. The third kappa shape index (κ3) is 4.68. The first-order valence-corrected chi connectivity index (χ1v) is 6.92. The van der Waals surface area contributed by atoms with Gasteiger partial charge in [-0.15, -0.1) is 0 Å². The molecule has 0 saturated carbocycles. The molecule has 1 aromatic rings. The van der Waals surface area contributed by atoms with Crippen LogP contribution in [-0.2, 0) is 9.57 Å². The highest BCUT2D eigenvalue weighted by Gasteiger charge is 2.24. The number of hydrogen-bond donors (Lipinski definition) is 0. The molecule has 3 atom stereocenters. The average Bonchev–Trinajstić information content (AvgIpc) is 2.50. The van der Waals surface area contributed by atoms with Crippen LogP contribution >= 0.6 is 0 Å². The summed E-state index contributed by atoms with van der Waals surface area (Å²) in [5, 5.41) is 3.75. The van der Waals surface area contributed by atoms with E-state index in [0.29, 0.717) is 11.5 Å². The summed E-state index contributed by atoms with van der Waals surface area (Å²) in [6, 6.07) is 8.96. The Labute approximate surface area is 120 Å². The second kappa shape index (κ2) is 8.35. The topological polar surface area (TPSA) is 47.9 Å². The zero-order chi connectivity index (χ0) is 15.0. The minimum Gasteiger partial charge on any atom is -0.452 e. The summed E-state index contributed by atoms with van der Waals surface area (Å²) in [7, 11) is 1.47. The van der Waals surface area contributed by atoms with Crippen molar-refractivity contribution < 1.29 is 14.4 Å². The molecule has 0 unspecified atom stereocenters. The maximum absolute atomic E-state index is 12.1. The molecule has 4 heteroatoms. The number of benzene rings is 1. The summed E-state index contributed by atoms with van der Waals surface area (Å²) in [5.41, 5.74) is 0.541. The fraction of sp³-hybridized carbons (Fsp3) is 0.500. The van der Waals surface area contributed by atoms with Gasteiger partial charge in [0.25, 0.3) is 0 Å². The lowest BCUT2D eigenvalue weighted by Crippen LogP contribution is -2.30. The van der Waals surface area contributed by atoms with E-state index in [1.165, 1.54) is 7.11 Å². The quantitative estimate of drug-likeness (QED) is 0.435. The maximum Gasteiger partial charge on any atom is 0.338 e. The lowest BCUT2D eigenvalue weighted by molar-refractivity contribution is 0.0282. The Morgan fingerprint density at radius 3 is 2.50 bits per heavy atom. The van der Waals surface area contributed by atoms with E-state index in [2.05, 4.69) is 25.9 Å². The predicted molar refractivity (Wildman–Crippen MR) is 79.8 cm³/mol. The fourth-order valence-corrected chi connectivity index (χ4v) is 1.86. The number of rotatable bonds is 7. The molecule has 0 fully saturated rings.